The molecule has 4 aromatic rings. The molecule has 1 N–H and O–H groups in total. The van der Waals surface area contributed by atoms with Gasteiger partial charge in [0.2, 0.25) is 0 Å². The van der Waals surface area contributed by atoms with Crippen LogP contribution >= 0.6 is 0 Å². The number of carbonyl (C=O) groups is 2. The van der Waals surface area contributed by atoms with E-state index in [2.05, 4.69) is 14.3 Å². The van der Waals surface area contributed by atoms with E-state index in [0.717, 1.165) is 11.1 Å². The fourth-order valence-electron chi connectivity index (χ4n) is 3.61. The van der Waals surface area contributed by atoms with Crippen molar-refractivity contribution in [3.05, 3.63) is 101 Å². The quantitative estimate of drug-likeness (QED) is 0.278. The Bertz CT molecular complexity index is 1510. The summed E-state index contributed by atoms with van der Waals surface area (Å²) in [5.41, 5.74) is 3.53. The van der Waals surface area contributed by atoms with Crippen molar-refractivity contribution in [1.29, 1.82) is 0 Å². The highest BCUT2D eigenvalue weighted by molar-refractivity contribution is 7.74. The fourth-order valence-corrected chi connectivity index (χ4v) is 3.95. The highest BCUT2D eigenvalue weighted by Gasteiger charge is 2.11. The second-order valence-corrected chi connectivity index (χ2v) is 9.26. The summed E-state index contributed by atoms with van der Waals surface area (Å²) < 4.78 is 34.5. The second kappa shape index (κ2) is 12.2. The monoisotopic (exact) mass is 520 g/mol. The van der Waals surface area contributed by atoms with Gasteiger partial charge >= 0.3 is 0 Å². The van der Waals surface area contributed by atoms with Crippen LogP contribution in [-0.2, 0) is 32.4 Å². The molecule has 4 rings (SSSR count). The number of pyridine rings is 1. The van der Waals surface area contributed by atoms with E-state index in [9.17, 15) is 18.2 Å². The van der Waals surface area contributed by atoms with E-state index in [-0.39, 0.29) is 37.4 Å². The molecule has 37 heavy (non-hydrogen) atoms. The normalized spacial score (nSPS) is 11.5. The van der Waals surface area contributed by atoms with Crippen molar-refractivity contribution in [2.24, 2.45) is 4.36 Å². The third-order valence-electron chi connectivity index (χ3n) is 5.30. The number of rotatable bonds is 8. The van der Waals surface area contributed by atoms with Gasteiger partial charge < -0.3 is 18.3 Å². The summed E-state index contributed by atoms with van der Waals surface area (Å²) in [7, 11) is -1.58. The summed E-state index contributed by atoms with van der Waals surface area (Å²) in [4.78, 5) is 31.7. The Balaban J connectivity index is 0.00000380. The lowest BCUT2D eigenvalue weighted by Gasteiger charge is -2.08. The zero-order valence-electron chi connectivity index (χ0n) is 19.7. The first-order chi connectivity index (χ1) is 17.3. The maximum Gasteiger partial charge on any atom is 0.255 e. The van der Waals surface area contributed by atoms with Gasteiger partial charge in [0, 0.05) is 31.3 Å². The molecule has 2 aromatic heterocycles. The molecule has 0 aliphatic heterocycles. The summed E-state index contributed by atoms with van der Waals surface area (Å²) in [5.74, 6) is 0.0752. The number of aromatic nitrogens is 2. The summed E-state index contributed by atoms with van der Waals surface area (Å²) in [6.45, 7) is 1.86. The molecule has 0 fully saturated rings. The summed E-state index contributed by atoms with van der Waals surface area (Å²) in [5, 5.41) is 0. The zero-order valence-corrected chi connectivity index (χ0v) is 20.5. The number of halogens is 1. The fraction of sp³-hybridized carbons (Fsp3) is 0.179. The van der Waals surface area contributed by atoms with Gasteiger partial charge in [-0.1, -0.05) is 37.3 Å². The van der Waals surface area contributed by atoms with E-state index in [1.54, 1.807) is 60.8 Å². The van der Waals surface area contributed by atoms with Gasteiger partial charge in [-0.2, -0.15) is 10.6 Å². The van der Waals surface area contributed by atoms with E-state index in [1.807, 2.05) is 6.92 Å². The largest absolute Gasteiger partial charge is 0.457 e. The van der Waals surface area contributed by atoms with Crippen molar-refractivity contribution < 1.29 is 22.9 Å². The van der Waals surface area contributed by atoms with Gasteiger partial charge in [0.05, 0.1) is 17.0 Å². The molecule has 192 valence electrons. The molecule has 0 aliphatic rings. The highest BCUT2D eigenvalue weighted by Crippen LogP contribution is 2.26. The van der Waals surface area contributed by atoms with Gasteiger partial charge in [-0.15, -0.1) is 6.26 Å². The number of aryl methyl sites for hydroxylation is 1. The van der Waals surface area contributed by atoms with Crippen molar-refractivity contribution in [3.8, 4) is 22.9 Å². The van der Waals surface area contributed by atoms with E-state index in [0.29, 0.717) is 28.5 Å². The number of nitrogens with one attached hydrogen (secondary N) is 1. The van der Waals surface area contributed by atoms with Crippen LogP contribution < -0.4 is 4.74 Å². The lowest BCUT2D eigenvalue weighted by Crippen LogP contribution is -2.08. The van der Waals surface area contributed by atoms with Gasteiger partial charge in [-0.3, -0.25) is 14.6 Å². The van der Waals surface area contributed by atoms with Crippen LogP contribution in [0.4, 0.5) is 4.39 Å². The number of hydrogen-bond donors (Lipinski definition) is 1. The molecule has 2 heterocycles. The molecule has 0 unspecified atom stereocenters. The molecule has 0 saturated heterocycles. The Hall–Kier alpha value is -4.11. The van der Waals surface area contributed by atoms with Crippen molar-refractivity contribution >= 4 is 22.3 Å². The van der Waals surface area contributed by atoms with Gasteiger partial charge in [0.1, 0.15) is 23.1 Å². The topological polar surface area (TPSA) is 101 Å². The van der Waals surface area contributed by atoms with E-state index < -0.39 is 16.5 Å². The first kappa shape index (κ1) is 27.5. The number of aromatic amines is 1. The predicted octanol–water partition coefficient (Wildman–Crippen LogP) is 6.22. The lowest BCUT2D eigenvalue weighted by molar-refractivity contribution is -0.117. The minimum absolute atomic E-state index is 0. The molecule has 7 nitrogen and oxygen atoms in total. The molecular formula is C28H27FN3O4S-. The van der Waals surface area contributed by atoms with Crippen LogP contribution in [0.2, 0.25) is 0 Å². The third-order valence-corrected chi connectivity index (χ3v) is 5.72. The Morgan fingerprint density at radius 1 is 1.03 bits per heavy atom. The molecule has 0 atom stereocenters. The average molecular weight is 521 g/mol. The molecule has 1 amide bonds. The second-order valence-electron chi connectivity index (χ2n) is 8.23. The highest BCUT2D eigenvalue weighted by atomic mass is 32.2. The summed E-state index contributed by atoms with van der Waals surface area (Å²) >= 11 is 0. The molecule has 0 aliphatic carbocycles. The van der Waals surface area contributed by atoms with Gasteiger partial charge in [-0.05, 0) is 48.4 Å². The Labute approximate surface area is 217 Å². The predicted molar refractivity (Wildman–Crippen MR) is 142 cm³/mol. The first-order valence-corrected chi connectivity index (χ1v) is 12.6. The molecule has 0 saturated carbocycles. The summed E-state index contributed by atoms with van der Waals surface area (Å²) in [6.07, 6.45) is 4.62. The smallest absolute Gasteiger partial charge is 0.255 e. The molecule has 2 aromatic carbocycles. The number of ether oxygens (including phenoxy) is 1. The van der Waals surface area contributed by atoms with Crippen LogP contribution in [0.1, 0.15) is 34.5 Å². The maximum absolute atomic E-state index is 13.9. The van der Waals surface area contributed by atoms with Crippen molar-refractivity contribution in [2.45, 2.75) is 27.2 Å². The molecular weight excluding hydrogens is 493 g/mol. The van der Waals surface area contributed by atoms with E-state index in [1.165, 1.54) is 18.5 Å². The number of carbonyl (C=O) groups excluding carboxylic acids is 2. The standard InChI is InChI=1S/C27H23FN3O4S.CH4/c1-17-3-8-24(28)19(11-17)13-21(32)12-18-4-6-22(7-5-18)35-23-9-10-29-26(15-23)25-14-20(16-30-25)27(33)31-36(2)34;/h3-11,14-16,30H,12-13H2,1-2H3;1H4/q-1;. The first-order valence-electron chi connectivity index (χ1n) is 11.0. The average Bonchev–Trinajstić information content (AvgIpc) is 3.33. The Kier molecular flexibility index (Phi) is 9.08. The number of amides is 1. The molecule has 0 radical (unpaired) electrons. The van der Waals surface area contributed by atoms with Crippen LogP contribution in [0.25, 0.3) is 11.4 Å². The van der Waals surface area contributed by atoms with Crippen LogP contribution in [0, 0.1) is 12.7 Å². The van der Waals surface area contributed by atoms with Gasteiger partial charge in [-0.25, -0.2) is 4.39 Å². The number of hydrogen-bond acceptors (Lipinski definition) is 6. The van der Waals surface area contributed by atoms with Crippen LogP contribution in [0.3, 0.4) is 0 Å². The molecule has 0 spiro atoms. The van der Waals surface area contributed by atoms with Crippen LogP contribution in [-0.4, -0.2) is 27.9 Å². The van der Waals surface area contributed by atoms with Gasteiger partial charge in [0.25, 0.3) is 5.91 Å². The Morgan fingerprint density at radius 3 is 2.51 bits per heavy atom. The minimum Gasteiger partial charge on any atom is -0.457 e. The van der Waals surface area contributed by atoms with Crippen LogP contribution in [0.5, 0.6) is 11.5 Å². The van der Waals surface area contributed by atoms with Crippen molar-refractivity contribution in [2.75, 3.05) is 6.26 Å². The minimum atomic E-state index is -1.58. The third kappa shape index (κ3) is 7.44. The molecule has 9 heteroatoms. The van der Waals surface area contributed by atoms with Gasteiger partial charge in [0.15, 0.2) is 0 Å². The number of H-pyrrole nitrogens is 1. The van der Waals surface area contributed by atoms with Crippen molar-refractivity contribution in [1.82, 2.24) is 9.97 Å². The maximum atomic E-state index is 13.9. The van der Waals surface area contributed by atoms with E-state index in [4.69, 9.17) is 4.74 Å². The van der Waals surface area contributed by atoms with Crippen LogP contribution in [0.15, 0.2) is 77.4 Å². The SMILES string of the molecule is C.Cc1ccc(F)c(CC(=O)Cc2ccc(Oc3ccnc(-c4cc(C(=O)N=[S-](C)=O)c[nH]4)c3)cc2)c1. The number of ketones is 1. The lowest BCUT2D eigenvalue weighted by atomic mass is 10.0. The zero-order chi connectivity index (χ0) is 25.7. The molecule has 0 bridgehead atoms. The number of Topliss-reactive ketones (excluding diaryl/α,β-unsaturated/α-hetero) is 1. The summed E-state index contributed by atoms with van der Waals surface area (Å²) in [6, 6.07) is 16.9. The van der Waals surface area contributed by atoms with Crippen molar-refractivity contribution in [3.63, 3.8) is 0 Å². The number of nitrogens with zero attached hydrogens (tertiary/aromatic N) is 2. The van der Waals surface area contributed by atoms with E-state index >= 15 is 0 Å². The Morgan fingerprint density at radius 2 is 1.78 bits per heavy atom. The number of benzene rings is 2.